The van der Waals surface area contributed by atoms with E-state index in [0.29, 0.717) is 0 Å². The topological polar surface area (TPSA) is 90.2 Å². The van der Waals surface area contributed by atoms with Gasteiger partial charge < -0.3 is 29.0 Å². The molecule has 2 N–H and O–H groups in total. The summed E-state index contributed by atoms with van der Waals surface area (Å²) in [6, 6.07) is 5.61. The van der Waals surface area contributed by atoms with Crippen molar-refractivity contribution < 1.29 is 29.2 Å². The number of rotatable bonds is 4. The molecular formula is C18H23NO6. The Morgan fingerprint density at radius 2 is 2.12 bits per heavy atom. The van der Waals surface area contributed by atoms with Crippen molar-refractivity contribution in [2.24, 2.45) is 0 Å². The fourth-order valence-electron chi connectivity index (χ4n) is 3.37. The molecule has 0 amide bonds. The zero-order chi connectivity index (χ0) is 18.1. The first kappa shape index (κ1) is 17.7. The van der Waals surface area contributed by atoms with Crippen LogP contribution in [0.5, 0.6) is 5.75 Å². The number of aromatic nitrogens is 1. The summed E-state index contributed by atoms with van der Waals surface area (Å²) in [4.78, 5) is 11.9. The first-order chi connectivity index (χ1) is 12.0. The third-order valence-electron chi connectivity index (χ3n) is 4.68. The minimum Gasteiger partial charge on any atom is -0.496 e. The third kappa shape index (κ3) is 2.99. The lowest BCUT2D eigenvalue weighted by molar-refractivity contribution is -0.209. The fourth-order valence-corrected chi connectivity index (χ4v) is 3.37. The van der Waals surface area contributed by atoms with Crippen molar-refractivity contribution in [1.82, 2.24) is 4.57 Å². The number of methoxy groups -OCH3 is 2. The molecule has 4 unspecified atom stereocenters. The van der Waals surface area contributed by atoms with Gasteiger partial charge in [-0.2, -0.15) is 0 Å². The first-order valence-corrected chi connectivity index (χ1v) is 8.27. The Labute approximate surface area is 145 Å². The fraction of sp³-hybridized carbons (Fsp3) is 0.500. The van der Waals surface area contributed by atoms with Gasteiger partial charge in [0, 0.05) is 18.0 Å². The number of aryl methyl sites for hydroxylation is 1. The standard InChI is InChI=1S/C18H23NO6/c1-4-10-9-19(11-6-5-7-13(23-2)15(10)11)17-16(21)12(20)8-14(25-17)18(22)24-3/h5-7,9,12,14,16-17,20-21H,4,8H2,1-3H3. The predicted octanol–water partition coefficient (Wildman–Crippen LogP) is 1.39. The number of esters is 1. The maximum atomic E-state index is 11.9. The van der Waals surface area contributed by atoms with Crippen LogP contribution in [0.2, 0.25) is 0 Å². The molecule has 2 aromatic rings. The minimum absolute atomic E-state index is 0.00645. The molecule has 1 aromatic carbocycles. The van der Waals surface area contributed by atoms with Crippen LogP contribution in [0.3, 0.4) is 0 Å². The lowest BCUT2D eigenvalue weighted by Gasteiger charge is -2.37. The number of carbonyl (C=O) groups excluding carboxylic acids is 1. The highest BCUT2D eigenvalue weighted by molar-refractivity contribution is 5.90. The van der Waals surface area contributed by atoms with Gasteiger partial charge in [0.25, 0.3) is 0 Å². The summed E-state index contributed by atoms with van der Waals surface area (Å²) >= 11 is 0. The van der Waals surface area contributed by atoms with Crippen LogP contribution < -0.4 is 4.74 Å². The van der Waals surface area contributed by atoms with E-state index in [1.54, 1.807) is 11.7 Å². The van der Waals surface area contributed by atoms with Gasteiger partial charge in [-0.3, -0.25) is 0 Å². The predicted molar refractivity (Wildman–Crippen MR) is 90.4 cm³/mol. The summed E-state index contributed by atoms with van der Waals surface area (Å²) in [5, 5.41) is 21.6. The number of hydrogen-bond acceptors (Lipinski definition) is 6. The van der Waals surface area contributed by atoms with Crippen molar-refractivity contribution in [3.63, 3.8) is 0 Å². The number of benzene rings is 1. The molecule has 4 atom stereocenters. The van der Waals surface area contributed by atoms with Gasteiger partial charge in [0.1, 0.15) is 11.9 Å². The molecule has 25 heavy (non-hydrogen) atoms. The molecule has 2 heterocycles. The van der Waals surface area contributed by atoms with Crippen molar-refractivity contribution in [1.29, 1.82) is 0 Å². The lowest BCUT2D eigenvalue weighted by atomic mass is 10.0. The maximum Gasteiger partial charge on any atom is 0.335 e. The smallest absolute Gasteiger partial charge is 0.335 e. The largest absolute Gasteiger partial charge is 0.496 e. The number of aliphatic hydroxyl groups excluding tert-OH is 2. The molecule has 0 spiro atoms. The SMILES string of the molecule is CCc1cn(C2OC(C(=O)OC)CC(O)C2O)c2cccc(OC)c12. The summed E-state index contributed by atoms with van der Waals surface area (Å²) in [5.41, 5.74) is 1.83. The van der Waals surface area contributed by atoms with Gasteiger partial charge in [-0.25, -0.2) is 4.79 Å². The van der Waals surface area contributed by atoms with Crippen LogP contribution in [0.15, 0.2) is 24.4 Å². The molecule has 1 fully saturated rings. The quantitative estimate of drug-likeness (QED) is 0.811. The van der Waals surface area contributed by atoms with Crippen molar-refractivity contribution in [3.05, 3.63) is 30.0 Å². The highest BCUT2D eigenvalue weighted by Gasteiger charge is 2.41. The molecule has 1 aliphatic heterocycles. The monoisotopic (exact) mass is 349 g/mol. The second-order valence-electron chi connectivity index (χ2n) is 6.10. The minimum atomic E-state index is -1.16. The molecule has 1 aliphatic rings. The summed E-state index contributed by atoms with van der Waals surface area (Å²) in [6.45, 7) is 2.02. The van der Waals surface area contributed by atoms with Gasteiger partial charge in [-0.1, -0.05) is 13.0 Å². The van der Waals surface area contributed by atoms with Crippen molar-refractivity contribution >= 4 is 16.9 Å². The Morgan fingerprint density at radius 1 is 1.36 bits per heavy atom. The highest BCUT2D eigenvalue weighted by Crippen LogP contribution is 2.36. The second-order valence-corrected chi connectivity index (χ2v) is 6.10. The van der Waals surface area contributed by atoms with Gasteiger partial charge >= 0.3 is 5.97 Å². The normalized spacial score (nSPS) is 26.6. The van der Waals surface area contributed by atoms with Gasteiger partial charge in [0.2, 0.25) is 0 Å². The summed E-state index contributed by atoms with van der Waals surface area (Å²) in [7, 11) is 2.87. The van der Waals surface area contributed by atoms with E-state index >= 15 is 0 Å². The Balaban J connectivity index is 2.09. The van der Waals surface area contributed by atoms with Crippen LogP contribution in [0.1, 0.15) is 25.1 Å². The van der Waals surface area contributed by atoms with Crippen molar-refractivity contribution in [2.45, 2.75) is 44.3 Å². The number of carbonyl (C=O) groups is 1. The number of nitrogens with zero attached hydrogens (tertiary/aromatic N) is 1. The van der Waals surface area contributed by atoms with Crippen LogP contribution in [-0.4, -0.2) is 53.3 Å². The Kier molecular flexibility index (Phi) is 4.99. The van der Waals surface area contributed by atoms with Gasteiger partial charge in [0.15, 0.2) is 12.3 Å². The third-order valence-corrected chi connectivity index (χ3v) is 4.68. The van der Waals surface area contributed by atoms with E-state index in [-0.39, 0.29) is 6.42 Å². The zero-order valence-corrected chi connectivity index (χ0v) is 14.5. The Bertz CT molecular complexity index is 770. The molecule has 7 nitrogen and oxygen atoms in total. The molecule has 0 saturated carbocycles. The van der Waals surface area contributed by atoms with Crippen LogP contribution in [0.25, 0.3) is 10.9 Å². The molecule has 0 radical (unpaired) electrons. The van der Waals surface area contributed by atoms with E-state index in [2.05, 4.69) is 0 Å². The first-order valence-electron chi connectivity index (χ1n) is 8.27. The number of fused-ring (bicyclic) bond motifs is 1. The van der Waals surface area contributed by atoms with E-state index in [9.17, 15) is 15.0 Å². The number of hydrogen-bond donors (Lipinski definition) is 2. The summed E-state index contributed by atoms with van der Waals surface area (Å²) in [6.07, 6.45) is -1.45. The molecular weight excluding hydrogens is 326 g/mol. The van der Waals surface area contributed by atoms with Crippen molar-refractivity contribution in [3.8, 4) is 5.75 Å². The van der Waals surface area contributed by atoms with E-state index in [0.717, 1.165) is 28.6 Å². The molecule has 7 heteroatoms. The second kappa shape index (κ2) is 7.03. The Hall–Kier alpha value is -2.09. The number of aliphatic hydroxyl groups is 2. The zero-order valence-electron chi connectivity index (χ0n) is 14.5. The molecule has 1 saturated heterocycles. The van der Waals surface area contributed by atoms with E-state index in [1.807, 2.05) is 31.3 Å². The van der Waals surface area contributed by atoms with Gasteiger partial charge in [0.05, 0.1) is 25.8 Å². The van der Waals surface area contributed by atoms with E-state index < -0.39 is 30.5 Å². The molecule has 0 bridgehead atoms. The highest BCUT2D eigenvalue weighted by atomic mass is 16.6. The van der Waals surface area contributed by atoms with Crippen LogP contribution in [-0.2, 0) is 20.7 Å². The molecule has 1 aromatic heterocycles. The van der Waals surface area contributed by atoms with Crippen LogP contribution in [0.4, 0.5) is 0 Å². The van der Waals surface area contributed by atoms with E-state index in [4.69, 9.17) is 14.2 Å². The van der Waals surface area contributed by atoms with Crippen molar-refractivity contribution in [2.75, 3.05) is 14.2 Å². The maximum absolute atomic E-state index is 11.9. The molecule has 136 valence electrons. The number of ether oxygens (including phenoxy) is 3. The summed E-state index contributed by atoms with van der Waals surface area (Å²) < 4.78 is 17.7. The van der Waals surface area contributed by atoms with Crippen LogP contribution in [0, 0.1) is 0 Å². The van der Waals surface area contributed by atoms with Crippen LogP contribution >= 0.6 is 0 Å². The lowest BCUT2D eigenvalue weighted by Crippen LogP contribution is -2.48. The van der Waals surface area contributed by atoms with E-state index in [1.165, 1.54) is 7.11 Å². The van der Waals surface area contributed by atoms with Gasteiger partial charge in [-0.15, -0.1) is 0 Å². The van der Waals surface area contributed by atoms with Gasteiger partial charge in [-0.05, 0) is 24.1 Å². The molecule has 3 rings (SSSR count). The molecule has 0 aliphatic carbocycles. The Morgan fingerprint density at radius 3 is 2.76 bits per heavy atom. The average Bonchev–Trinajstić information content (AvgIpc) is 3.01. The average molecular weight is 349 g/mol. The summed E-state index contributed by atoms with van der Waals surface area (Å²) in [5.74, 6) is 0.157.